The number of benzene rings is 2. The van der Waals surface area contributed by atoms with Crippen LogP contribution in [0.4, 0.5) is 0 Å². The lowest BCUT2D eigenvalue weighted by atomic mass is 9.97. The molecule has 0 saturated carbocycles. The van der Waals surface area contributed by atoms with Crippen LogP contribution in [-0.2, 0) is 6.42 Å². The van der Waals surface area contributed by atoms with Crippen LogP contribution in [0.15, 0.2) is 54.6 Å². The van der Waals surface area contributed by atoms with Gasteiger partial charge < -0.3 is 9.80 Å². The number of hydrogen-bond donors (Lipinski definition) is 0. The highest BCUT2D eigenvalue weighted by molar-refractivity contribution is 6.09. The predicted octanol–water partition coefficient (Wildman–Crippen LogP) is 3.79. The number of hydrogen-bond acceptors (Lipinski definition) is 4. The van der Waals surface area contributed by atoms with E-state index < -0.39 is 0 Å². The second-order valence-electron chi connectivity index (χ2n) is 9.61. The van der Waals surface area contributed by atoms with Gasteiger partial charge in [-0.3, -0.25) is 9.69 Å². The van der Waals surface area contributed by atoms with E-state index in [4.69, 9.17) is 4.98 Å². The van der Waals surface area contributed by atoms with Crippen molar-refractivity contribution in [1.29, 1.82) is 0 Å². The van der Waals surface area contributed by atoms with E-state index in [9.17, 15) is 4.79 Å². The molecule has 1 aliphatic carbocycles. The first-order valence-corrected chi connectivity index (χ1v) is 12.1. The Hall–Kier alpha value is -3.02. The zero-order valence-electron chi connectivity index (χ0n) is 19.2. The van der Waals surface area contributed by atoms with Crippen LogP contribution in [0, 0.1) is 0 Å². The molecule has 0 N–H and O–H groups in total. The number of carbonyl (C=O) groups is 1. The fourth-order valence-electron chi connectivity index (χ4n) is 5.47. The Morgan fingerprint density at radius 2 is 1.67 bits per heavy atom. The van der Waals surface area contributed by atoms with Crippen molar-refractivity contribution in [2.24, 2.45) is 0 Å². The summed E-state index contributed by atoms with van der Waals surface area (Å²) in [6.07, 6.45) is 4.04. The van der Waals surface area contributed by atoms with Gasteiger partial charge in [-0.1, -0.05) is 48.5 Å². The van der Waals surface area contributed by atoms with Crippen LogP contribution in [-0.4, -0.2) is 77.9 Å². The molecule has 0 radical (unpaired) electrons. The van der Waals surface area contributed by atoms with Crippen molar-refractivity contribution in [1.82, 2.24) is 19.7 Å². The first-order chi connectivity index (χ1) is 16.2. The zero-order valence-corrected chi connectivity index (χ0v) is 19.2. The fourth-order valence-corrected chi connectivity index (χ4v) is 5.47. The first-order valence-electron chi connectivity index (χ1n) is 12.1. The summed E-state index contributed by atoms with van der Waals surface area (Å²) in [4.78, 5) is 25.8. The number of allylic oxidation sites excluding steroid dienone is 1. The van der Waals surface area contributed by atoms with Crippen molar-refractivity contribution < 1.29 is 4.79 Å². The Labute approximate surface area is 195 Å². The van der Waals surface area contributed by atoms with E-state index in [-0.39, 0.29) is 5.91 Å². The number of carbonyl (C=O) groups excluding carboxylic acids is 1. The van der Waals surface area contributed by atoms with Gasteiger partial charge in [0.1, 0.15) is 0 Å². The molecule has 6 rings (SSSR count). The van der Waals surface area contributed by atoms with Crippen LogP contribution >= 0.6 is 0 Å². The van der Waals surface area contributed by atoms with Gasteiger partial charge in [-0.15, -0.1) is 0 Å². The van der Waals surface area contributed by atoms with E-state index in [1.807, 2.05) is 29.2 Å². The van der Waals surface area contributed by atoms with Crippen molar-refractivity contribution in [2.75, 3.05) is 46.3 Å². The number of fused-ring (bicyclic) bond motifs is 2. The van der Waals surface area contributed by atoms with Crippen molar-refractivity contribution >= 4 is 28.5 Å². The number of likely N-dealkylation sites (N-methyl/N-ethyl adjacent to an activating group) is 1. The molecule has 1 aromatic heterocycles. The summed E-state index contributed by atoms with van der Waals surface area (Å²) in [5.74, 6) is 0.177. The number of nitrogens with zero attached hydrogens (tertiary/aromatic N) is 4. The van der Waals surface area contributed by atoms with Crippen LogP contribution in [0.1, 0.15) is 33.6 Å². The van der Waals surface area contributed by atoms with Crippen LogP contribution < -0.4 is 0 Å². The molecule has 1 amide bonds. The van der Waals surface area contributed by atoms with Gasteiger partial charge in [0.25, 0.3) is 5.91 Å². The van der Waals surface area contributed by atoms with Gasteiger partial charge in [-0.2, -0.15) is 0 Å². The average molecular weight is 439 g/mol. The Balaban J connectivity index is 1.32. The molecule has 2 saturated heterocycles. The van der Waals surface area contributed by atoms with Crippen LogP contribution in [0.3, 0.4) is 0 Å². The van der Waals surface area contributed by atoms with E-state index in [2.05, 4.69) is 53.3 Å². The average Bonchev–Trinajstić information content (AvgIpc) is 3.20. The van der Waals surface area contributed by atoms with Crippen molar-refractivity contribution in [2.45, 2.75) is 18.9 Å². The normalized spacial score (nSPS) is 20.9. The Morgan fingerprint density at radius 3 is 2.45 bits per heavy atom. The van der Waals surface area contributed by atoms with Crippen molar-refractivity contribution in [3.8, 4) is 0 Å². The fraction of sp³-hybridized carbons (Fsp3) is 0.357. The molecule has 5 nitrogen and oxygen atoms in total. The number of likely N-dealkylation sites (tertiary alicyclic amines) is 1. The molecule has 168 valence electrons. The van der Waals surface area contributed by atoms with Crippen LogP contribution in [0.2, 0.25) is 0 Å². The van der Waals surface area contributed by atoms with E-state index in [0.29, 0.717) is 6.04 Å². The van der Waals surface area contributed by atoms with Gasteiger partial charge in [-0.05, 0) is 48.7 Å². The molecular weight excluding hydrogens is 408 g/mol. The summed E-state index contributed by atoms with van der Waals surface area (Å²) in [7, 11) is 2.18. The molecule has 33 heavy (non-hydrogen) atoms. The van der Waals surface area contributed by atoms with Gasteiger partial charge in [-0.25, -0.2) is 4.98 Å². The standard InChI is InChI=1S/C28H30N4O/c1-30-13-15-31(16-14-30)22-18-32(19-22)28(33)26-23-9-5-6-10-25(23)29-27-21(11-12-24(26)27)17-20-7-3-2-4-8-20/h2-10,17,22H,11-16,18-19H2,1H3/b21-17-. The molecule has 2 aromatic carbocycles. The Kier molecular flexibility index (Phi) is 5.24. The lowest BCUT2D eigenvalue weighted by Gasteiger charge is -2.48. The molecule has 0 spiro atoms. The molecular formula is C28H30N4O. The maximum absolute atomic E-state index is 13.8. The number of pyridine rings is 1. The van der Waals surface area contributed by atoms with Crippen molar-refractivity contribution in [3.05, 3.63) is 77.0 Å². The van der Waals surface area contributed by atoms with Gasteiger partial charge in [0.15, 0.2) is 0 Å². The van der Waals surface area contributed by atoms with E-state index in [1.165, 1.54) is 11.1 Å². The molecule has 3 aromatic rings. The van der Waals surface area contributed by atoms with Gasteiger partial charge >= 0.3 is 0 Å². The molecule has 0 bridgehead atoms. The Bertz CT molecular complexity index is 1220. The van der Waals surface area contributed by atoms with Crippen LogP contribution in [0.5, 0.6) is 0 Å². The minimum absolute atomic E-state index is 0.177. The number of para-hydroxylation sites is 1. The van der Waals surface area contributed by atoms with Gasteiger partial charge in [0.05, 0.1) is 16.8 Å². The summed E-state index contributed by atoms with van der Waals surface area (Å²) in [5.41, 5.74) is 6.34. The van der Waals surface area contributed by atoms with Gasteiger partial charge in [0, 0.05) is 50.7 Å². The third-order valence-corrected chi connectivity index (χ3v) is 7.50. The monoisotopic (exact) mass is 438 g/mol. The highest BCUT2D eigenvalue weighted by Crippen LogP contribution is 2.38. The second-order valence-corrected chi connectivity index (χ2v) is 9.61. The summed E-state index contributed by atoms with van der Waals surface area (Å²) >= 11 is 0. The number of piperazine rings is 1. The summed E-state index contributed by atoms with van der Waals surface area (Å²) in [6, 6.07) is 19.0. The summed E-state index contributed by atoms with van der Waals surface area (Å²) in [6.45, 7) is 6.10. The largest absolute Gasteiger partial charge is 0.335 e. The topological polar surface area (TPSA) is 39.7 Å². The second kappa shape index (κ2) is 8.40. The van der Waals surface area contributed by atoms with E-state index in [1.54, 1.807) is 0 Å². The van der Waals surface area contributed by atoms with E-state index >= 15 is 0 Å². The molecule has 0 atom stereocenters. The maximum atomic E-state index is 13.8. The quantitative estimate of drug-likeness (QED) is 0.624. The maximum Gasteiger partial charge on any atom is 0.255 e. The number of amides is 1. The van der Waals surface area contributed by atoms with E-state index in [0.717, 1.165) is 79.8 Å². The van der Waals surface area contributed by atoms with Crippen LogP contribution in [0.25, 0.3) is 22.6 Å². The lowest BCUT2D eigenvalue weighted by molar-refractivity contribution is 0.0111. The minimum Gasteiger partial charge on any atom is -0.335 e. The third-order valence-electron chi connectivity index (χ3n) is 7.50. The van der Waals surface area contributed by atoms with Gasteiger partial charge in [0.2, 0.25) is 0 Å². The molecule has 2 fully saturated rings. The molecule has 2 aliphatic heterocycles. The first kappa shape index (κ1) is 20.6. The zero-order chi connectivity index (χ0) is 22.4. The third kappa shape index (κ3) is 3.75. The predicted molar refractivity (Wildman–Crippen MR) is 133 cm³/mol. The number of rotatable bonds is 3. The minimum atomic E-state index is 0.177. The van der Waals surface area contributed by atoms with Crippen molar-refractivity contribution in [3.63, 3.8) is 0 Å². The highest BCUT2D eigenvalue weighted by atomic mass is 16.2. The molecule has 0 unspecified atom stereocenters. The molecule has 3 aliphatic rings. The highest BCUT2D eigenvalue weighted by Gasteiger charge is 2.38. The summed E-state index contributed by atoms with van der Waals surface area (Å²) in [5, 5.41) is 0.991. The summed E-state index contributed by atoms with van der Waals surface area (Å²) < 4.78 is 0. The Morgan fingerprint density at radius 1 is 0.939 bits per heavy atom. The molecule has 5 heteroatoms. The SMILES string of the molecule is CN1CCN(C2CN(C(=O)c3c4c(nc5ccccc35)/C(=C\c3ccccc3)CC4)C2)CC1. The lowest BCUT2D eigenvalue weighted by Crippen LogP contribution is -2.64. The number of aromatic nitrogens is 1. The molecule has 3 heterocycles. The smallest absolute Gasteiger partial charge is 0.255 e.